The maximum Gasteiger partial charge on any atom is 0.131 e. The van der Waals surface area contributed by atoms with Crippen molar-refractivity contribution in [1.82, 2.24) is 5.32 Å². The summed E-state index contributed by atoms with van der Waals surface area (Å²) in [6.45, 7) is 0.741. The molecular weight excluding hydrogens is 258 g/mol. The van der Waals surface area contributed by atoms with E-state index >= 15 is 0 Å². The zero-order chi connectivity index (χ0) is 13.5. The summed E-state index contributed by atoms with van der Waals surface area (Å²) in [5.74, 6) is 1.64. The fourth-order valence-electron chi connectivity index (χ4n) is 1.64. The van der Waals surface area contributed by atoms with E-state index in [2.05, 4.69) is 5.32 Å². The van der Waals surface area contributed by atoms with Crippen LogP contribution in [0.3, 0.4) is 0 Å². The van der Waals surface area contributed by atoms with E-state index in [0.29, 0.717) is 0 Å². The zero-order valence-electron chi connectivity index (χ0n) is 10.8. The molecule has 0 spiro atoms. The molecule has 2 rings (SSSR count). The minimum absolute atomic E-state index is 0.719. The number of likely N-dealkylation sites (N-methyl/N-ethyl adjacent to an activating group) is 1. The Kier molecular flexibility index (Phi) is 5.01. The Morgan fingerprint density at radius 3 is 2.42 bits per heavy atom. The summed E-state index contributed by atoms with van der Waals surface area (Å²) in [5.41, 5.74) is 1.00. The average molecular weight is 274 g/mol. The van der Waals surface area contributed by atoms with Crippen LogP contribution in [0.25, 0.3) is 5.76 Å². The van der Waals surface area contributed by atoms with Crippen LogP contribution >= 0.6 is 11.6 Å². The van der Waals surface area contributed by atoms with Crippen molar-refractivity contribution in [2.45, 2.75) is 0 Å². The van der Waals surface area contributed by atoms with E-state index in [9.17, 15) is 0 Å². The summed E-state index contributed by atoms with van der Waals surface area (Å²) in [6.07, 6.45) is 2.01. The van der Waals surface area contributed by atoms with Gasteiger partial charge in [0, 0.05) is 17.1 Å². The van der Waals surface area contributed by atoms with Crippen LogP contribution in [0, 0.1) is 0 Å². The fraction of sp³-hybridized carbons (Fsp3) is 0.125. The third-order valence-electron chi connectivity index (χ3n) is 2.59. The maximum absolute atomic E-state index is 5.92. The molecule has 0 heterocycles. The van der Waals surface area contributed by atoms with Crippen LogP contribution in [-0.4, -0.2) is 13.6 Å². The standard InChI is InChI=1S/C16H16ClNO/c1-18-12-11-16(13-7-9-14(17)10-8-13)19-15-5-3-2-4-6-15/h2-11,18H,12H2,1H3/b16-11+. The molecule has 2 aromatic rings. The Hall–Kier alpha value is -1.77. The van der Waals surface area contributed by atoms with Gasteiger partial charge < -0.3 is 10.1 Å². The Balaban J connectivity index is 2.24. The van der Waals surface area contributed by atoms with Gasteiger partial charge in [0.25, 0.3) is 0 Å². The van der Waals surface area contributed by atoms with Gasteiger partial charge in [-0.1, -0.05) is 29.8 Å². The predicted octanol–water partition coefficient (Wildman–Crippen LogP) is 3.98. The van der Waals surface area contributed by atoms with Gasteiger partial charge in [0.2, 0.25) is 0 Å². The number of hydrogen-bond acceptors (Lipinski definition) is 2. The lowest BCUT2D eigenvalue weighted by Gasteiger charge is -2.11. The van der Waals surface area contributed by atoms with Gasteiger partial charge in [-0.2, -0.15) is 0 Å². The lowest BCUT2D eigenvalue weighted by Crippen LogP contribution is -2.07. The molecule has 0 radical (unpaired) electrons. The van der Waals surface area contributed by atoms with E-state index < -0.39 is 0 Å². The van der Waals surface area contributed by atoms with Crippen LogP contribution in [0.15, 0.2) is 60.7 Å². The monoisotopic (exact) mass is 273 g/mol. The van der Waals surface area contributed by atoms with Crippen molar-refractivity contribution in [3.05, 3.63) is 71.3 Å². The van der Waals surface area contributed by atoms with E-state index in [-0.39, 0.29) is 0 Å². The van der Waals surface area contributed by atoms with Gasteiger partial charge >= 0.3 is 0 Å². The van der Waals surface area contributed by atoms with Gasteiger partial charge in [-0.05, 0) is 49.5 Å². The smallest absolute Gasteiger partial charge is 0.131 e. The number of para-hydroxylation sites is 1. The molecule has 0 aliphatic carbocycles. The van der Waals surface area contributed by atoms with Crippen molar-refractivity contribution < 1.29 is 4.74 Å². The molecule has 98 valence electrons. The highest BCUT2D eigenvalue weighted by Crippen LogP contribution is 2.22. The quantitative estimate of drug-likeness (QED) is 0.832. The highest BCUT2D eigenvalue weighted by Gasteiger charge is 2.04. The summed E-state index contributed by atoms with van der Waals surface area (Å²) < 4.78 is 5.92. The number of halogens is 1. The van der Waals surface area contributed by atoms with Gasteiger partial charge in [-0.15, -0.1) is 0 Å². The van der Waals surface area contributed by atoms with Gasteiger partial charge in [0.1, 0.15) is 11.5 Å². The van der Waals surface area contributed by atoms with Crippen molar-refractivity contribution in [3.63, 3.8) is 0 Å². The molecule has 2 nitrogen and oxygen atoms in total. The maximum atomic E-state index is 5.92. The molecule has 0 bridgehead atoms. The lowest BCUT2D eigenvalue weighted by molar-refractivity contribution is 0.513. The average Bonchev–Trinajstić information content (AvgIpc) is 2.45. The van der Waals surface area contributed by atoms with E-state index in [1.807, 2.05) is 67.7 Å². The number of rotatable bonds is 5. The first-order valence-electron chi connectivity index (χ1n) is 6.13. The number of hydrogen-bond donors (Lipinski definition) is 1. The molecule has 0 atom stereocenters. The molecule has 0 fully saturated rings. The van der Waals surface area contributed by atoms with Crippen LogP contribution < -0.4 is 10.1 Å². The first kappa shape index (κ1) is 13.7. The largest absolute Gasteiger partial charge is 0.457 e. The molecule has 2 aromatic carbocycles. The van der Waals surface area contributed by atoms with Crippen molar-refractivity contribution in [1.29, 1.82) is 0 Å². The minimum atomic E-state index is 0.719. The highest BCUT2D eigenvalue weighted by molar-refractivity contribution is 6.30. The third kappa shape index (κ3) is 4.12. The predicted molar refractivity (Wildman–Crippen MR) is 80.4 cm³/mol. The summed E-state index contributed by atoms with van der Waals surface area (Å²) in [7, 11) is 1.90. The Morgan fingerprint density at radius 1 is 1.11 bits per heavy atom. The molecule has 19 heavy (non-hydrogen) atoms. The fourth-order valence-corrected chi connectivity index (χ4v) is 1.77. The third-order valence-corrected chi connectivity index (χ3v) is 2.84. The first-order valence-corrected chi connectivity index (χ1v) is 6.51. The summed E-state index contributed by atoms with van der Waals surface area (Å²) in [6, 6.07) is 17.4. The van der Waals surface area contributed by atoms with E-state index in [1.165, 1.54) is 0 Å². The van der Waals surface area contributed by atoms with E-state index in [4.69, 9.17) is 16.3 Å². The van der Waals surface area contributed by atoms with Crippen molar-refractivity contribution in [3.8, 4) is 5.75 Å². The molecule has 0 unspecified atom stereocenters. The second-order valence-corrected chi connectivity index (χ2v) is 4.48. The second kappa shape index (κ2) is 6.98. The SMILES string of the molecule is CNC/C=C(/Oc1ccccc1)c1ccc(Cl)cc1. The molecule has 0 aromatic heterocycles. The molecule has 1 N–H and O–H groups in total. The number of benzene rings is 2. The summed E-state index contributed by atoms with van der Waals surface area (Å²) in [4.78, 5) is 0. The summed E-state index contributed by atoms with van der Waals surface area (Å²) in [5, 5.41) is 3.80. The highest BCUT2D eigenvalue weighted by atomic mass is 35.5. The van der Waals surface area contributed by atoms with E-state index in [1.54, 1.807) is 0 Å². The van der Waals surface area contributed by atoms with Crippen molar-refractivity contribution in [2.24, 2.45) is 0 Å². The summed E-state index contributed by atoms with van der Waals surface area (Å²) >= 11 is 5.91. The normalized spacial score (nSPS) is 11.4. The van der Waals surface area contributed by atoms with Gasteiger partial charge in [-0.25, -0.2) is 0 Å². The van der Waals surface area contributed by atoms with Gasteiger partial charge in [0.05, 0.1) is 0 Å². The minimum Gasteiger partial charge on any atom is -0.457 e. The molecule has 0 aliphatic heterocycles. The van der Waals surface area contributed by atoms with Crippen molar-refractivity contribution in [2.75, 3.05) is 13.6 Å². The van der Waals surface area contributed by atoms with Crippen LogP contribution in [0.5, 0.6) is 5.75 Å². The van der Waals surface area contributed by atoms with Gasteiger partial charge in [0.15, 0.2) is 0 Å². The first-order chi connectivity index (χ1) is 9.29. The van der Waals surface area contributed by atoms with Crippen molar-refractivity contribution >= 4 is 17.4 Å². The lowest BCUT2D eigenvalue weighted by atomic mass is 10.2. The molecule has 3 heteroatoms. The molecule has 0 saturated carbocycles. The number of ether oxygens (including phenoxy) is 1. The van der Waals surface area contributed by atoms with Crippen LogP contribution in [0.1, 0.15) is 5.56 Å². The Morgan fingerprint density at radius 2 is 1.79 bits per heavy atom. The van der Waals surface area contributed by atoms with Gasteiger partial charge in [-0.3, -0.25) is 0 Å². The zero-order valence-corrected chi connectivity index (χ0v) is 11.5. The topological polar surface area (TPSA) is 21.3 Å². The van der Waals surface area contributed by atoms with E-state index in [0.717, 1.165) is 28.6 Å². The molecule has 0 aliphatic rings. The molecular formula is C16H16ClNO. The van der Waals surface area contributed by atoms with Crippen LogP contribution in [-0.2, 0) is 0 Å². The van der Waals surface area contributed by atoms with Crippen LogP contribution in [0.2, 0.25) is 5.02 Å². The molecule has 0 amide bonds. The Labute approximate surface area is 118 Å². The second-order valence-electron chi connectivity index (χ2n) is 4.05. The van der Waals surface area contributed by atoms with Crippen LogP contribution in [0.4, 0.5) is 0 Å². The molecule has 0 saturated heterocycles. The Bertz CT molecular complexity index is 534. The number of nitrogens with one attached hydrogen (secondary N) is 1.